The molecule has 1 aromatic heterocycles. The summed E-state index contributed by atoms with van der Waals surface area (Å²) < 4.78 is 0. The molecule has 2 heterocycles. The standard InChI is InChI=1S/C16H21ClN2O2S/c17-13-7-9-22-15(13)16(21)19-8-1-2-11(10-19)3-6-14(20)18-12-4-5-12/h7,9,11-12H,1-6,8,10H2,(H,18,20). The molecule has 3 rings (SSSR count). The molecule has 1 aliphatic heterocycles. The molecule has 0 radical (unpaired) electrons. The second-order valence-corrected chi connectivity index (χ2v) is 7.56. The second-order valence-electron chi connectivity index (χ2n) is 6.24. The van der Waals surface area contributed by atoms with Gasteiger partial charge in [-0.2, -0.15) is 0 Å². The van der Waals surface area contributed by atoms with Crippen LogP contribution in [0.4, 0.5) is 0 Å². The highest BCUT2D eigenvalue weighted by Gasteiger charge is 2.27. The van der Waals surface area contributed by atoms with Gasteiger partial charge in [-0.25, -0.2) is 0 Å². The highest BCUT2D eigenvalue weighted by Crippen LogP contribution is 2.27. The maximum absolute atomic E-state index is 12.5. The van der Waals surface area contributed by atoms with E-state index in [0.717, 1.165) is 45.2 Å². The molecule has 1 saturated heterocycles. The highest BCUT2D eigenvalue weighted by molar-refractivity contribution is 7.12. The first-order valence-corrected chi connectivity index (χ1v) is 9.21. The number of hydrogen-bond acceptors (Lipinski definition) is 3. The normalized spacial score (nSPS) is 21.7. The van der Waals surface area contributed by atoms with Gasteiger partial charge < -0.3 is 10.2 Å². The predicted octanol–water partition coefficient (Wildman–Crippen LogP) is 3.31. The van der Waals surface area contributed by atoms with Gasteiger partial charge in [-0.15, -0.1) is 11.3 Å². The van der Waals surface area contributed by atoms with Gasteiger partial charge in [0.1, 0.15) is 4.88 Å². The van der Waals surface area contributed by atoms with Gasteiger partial charge in [0, 0.05) is 25.6 Å². The van der Waals surface area contributed by atoms with E-state index in [2.05, 4.69) is 5.32 Å². The maximum atomic E-state index is 12.5. The SMILES string of the molecule is O=C(CCC1CCCN(C(=O)c2sccc2Cl)C1)NC1CC1. The molecule has 2 amide bonds. The van der Waals surface area contributed by atoms with E-state index in [4.69, 9.17) is 11.6 Å². The third-order valence-electron chi connectivity index (χ3n) is 4.34. The van der Waals surface area contributed by atoms with Crippen molar-refractivity contribution in [3.63, 3.8) is 0 Å². The van der Waals surface area contributed by atoms with Crippen molar-refractivity contribution in [2.45, 2.75) is 44.6 Å². The molecule has 1 N–H and O–H groups in total. The first-order chi connectivity index (χ1) is 10.6. The highest BCUT2D eigenvalue weighted by atomic mass is 35.5. The minimum atomic E-state index is 0.0344. The van der Waals surface area contributed by atoms with E-state index in [0.29, 0.717) is 28.3 Å². The Balaban J connectivity index is 1.49. The number of carbonyl (C=O) groups is 2. The van der Waals surface area contributed by atoms with Gasteiger partial charge in [0.2, 0.25) is 5.91 Å². The summed E-state index contributed by atoms with van der Waals surface area (Å²) in [6, 6.07) is 2.20. The minimum Gasteiger partial charge on any atom is -0.353 e. The Morgan fingerprint density at radius 3 is 2.86 bits per heavy atom. The average Bonchev–Trinajstić information content (AvgIpc) is 3.23. The van der Waals surface area contributed by atoms with Crippen LogP contribution in [0.2, 0.25) is 5.02 Å². The molecule has 1 atom stereocenters. The zero-order valence-corrected chi connectivity index (χ0v) is 14.1. The molecule has 0 bridgehead atoms. The van der Waals surface area contributed by atoms with Gasteiger partial charge in [-0.3, -0.25) is 9.59 Å². The molecule has 1 saturated carbocycles. The van der Waals surface area contributed by atoms with Crippen LogP contribution in [0.25, 0.3) is 0 Å². The largest absolute Gasteiger partial charge is 0.353 e. The van der Waals surface area contributed by atoms with Gasteiger partial charge in [0.05, 0.1) is 5.02 Å². The van der Waals surface area contributed by atoms with Crippen LogP contribution < -0.4 is 5.32 Å². The van der Waals surface area contributed by atoms with Crippen LogP contribution in [0.5, 0.6) is 0 Å². The van der Waals surface area contributed by atoms with Crippen LogP contribution >= 0.6 is 22.9 Å². The third-order valence-corrected chi connectivity index (χ3v) is 5.67. The Morgan fingerprint density at radius 2 is 2.18 bits per heavy atom. The molecule has 1 aromatic rings. The summed E-state index contributed by atoms with van der Waals surface area (Å²) in [4.78, 5) is 26.8. The second kappa shape index (κ2) is 7.01. The average molecular weight is 341 g/mol. The van der Waals surface area contributed by atoms with E-state index in [9.17, 15) is 9.59 Å². The Hall–Kier alpha value is -1.07. The lowest BCUT2D eigenvalue weighted by molar-refractivity contribution is -0.121. The van der Waals surface area contributed by atoms with Crippen molar-refractivity contribution in [3.8, 4) is 0 Å². The quantitative estimate of drug-likeness (QED) is 0.894. The molecule has 6 heteroatoms. The van der Waals surface area contributed by atoms with Gasteiger partial charge in [0.25, 0.3) is 5.91 Å². The van der Waals surface area contributed by atoms with Gasteiger partial charge in [-0.1, -0.05) is 11.6 Å². The van der Waals surface area contributed by atoms with E-state index >= 15 is 0 Å². The van der Waals surface area contributed by atoms with Crippen LogP contribution in [0.1, 0.15) is 48.2 Å². The van der Waals surface area contributed by atoms with Crippen LogP contribution in [0.15, 0.2) is 11.4 Å². The van der Waals surface area contributed by atoms with E-state index in [1.807, 2.05) is 10.3 Å². The van der Waals surface area contributed by atoms with Crippen molar-refractivity contribution in [2.24, 2.45) is 5.92 Å². The van der Waals surface area contributed by atoms with Crippen LogP contribution in [0, 0.1) is 5.92 Å². The molecule has 0 aromatic carbocycles. The Morgan fingerprint density at radius 1 is 1.36 bits per heavy atom. The number of amides is 2. The summed E-state index contributed by atoms with van der Waals surface area (Å²) in [5.41, 5.74) is 0. The lowest BCUT2D eigenvalue weighted by Crippen LogP contribution is -2.40. The molecule has 0 spiro atoms. The molecule has 1 unspecified atom stereocenters. The van der Waals surface area contributed by atoms with Crippen molar-refractivity contribution >= 4 is 34.8 Å². The van der Waals surface area contributed by atoms with Gasteiger partial charge in [0.15, 0.2) is 0 Å². The number of carbonyl (C=O) groups excluding carboxylic acids is 2. The summed E-state index contributed by atoms with van der Waals surface area (Å²) in [5, 5.41) is 5.41. The van der Waals surface area contributed by atoms with Crippen molar-refractivity contribution < 1.29 is 9.59 Å². The molecule has 120 valence electrons. The summed E-state index contributed by atoms with van der Waals surface area (Å²) in [5.74, 6) is 0.612. The van der Waals surface area contributed by atoms with Crippen molar-refractivity contribution in [3.05, 3.63) is 21.3 Å². The number of likely N-dealkylation sites (tertiary alicyclic amines) is 1. The fourth-order valence-electron chi connectivity index (χ4n) is 2.94. The zero-order chi connectivity index (χ0) is 15.5. The topological polar surface area (TPSA) is 49.4 Å². The van der Waals surface area contributed by atoms with Crippen molar-refractivity contribution in [1.82, 2.24) is 10.2 Å². The van der Waals surface area contributed by atoms with E-state index < -0.39 is 0 Å². The fraction of sp³-hybridized carbons (Fsp3) is 0.625. The lowest BCUT2D eigenvalue weighted by Gasteiger charge is -2.32. The van der Waals surface area contributed by atoms with Crippen molar-refractivity contribution in [2.75, 3.05) is 13.1 Å². The monoisotopic (exact) mass is 340 g/mol. The number of rotatable bonds is 5. The zero-order valence-electron chi connectivity index (χ0n) is 12.5. The maximum Gasteiger partial charge on any atom is 0.265 e. The van der Waals surface area contributed by atoms with Gasteiger partial charge >= 0.3 is 0 Å². The summed E-state index contributed by atoms with van der Waals surface area (Å²) in [6.45, 7) is 1.53. The molecule has 22 heavy (non-hydrogen) atoms. The smallest absolute Gasteiger partial charge is 0.265 e. The summed E-state index contributed by atoms with van der Waals surface area (Å²) >= 11 is 7.45. The van der Waals surface area contributed by atoms with E-state index in [1.165, 1.54) is 11.3 Å². The number of nitrogens with one attached hydrogen (secondary N) is 1. The Bertz CT molecular complexity index is 556. The predicted molar refractivity (Wildman–Crippen MR) is 88.4 cm³/mol. The molecule has 1 aliphatic carbocycles. The summed E-state index contributed by atoms with van der Waals surface area (Å²) in [6.07, 6.45) is 5.78. The lowest BCUT2D eigenvalue weighted by atomic mass is 9.93. The van der Waals surface area contributed by atoms with Gasteiger partial charge in [-0.05, 0) is 49.5 Å². The van der Waals surface area contributed by atoms with Crippen molar-refractivity contribution in [1.29, 1.82) is 0 Å². The number of thiophene rings is 1. The number of halogens is 1. The Kier molecular flexibility index (Phi) is 5.03. The van der Waals surface area contributed by atoms with E-state index in [-0.39, 0.29) is 11.8 Å². The number of hydrogen-bond donors (Lipinski definition) is 1. The van der Waals surface area contributed by atoms with Crippen LogP contribution in [0.3, 0.4) is 0 Å². The Labute approximate surface area is 139 Å². The molecule has 2 aliphatic rings. The molecule has 2 fully saturated rings. The molecular formula is C16H21ClN2O2S. The first-order valence-electron chi connectivity index (χ1n) is 7.95. The van der Waals surface area contributed by atoms with E-state index in [1.54, 1.807) is 6.07 Å². The third kappa shape index (κ3) is 4.02. The fourth-order valence-corrected chi connectivity index (χ4v) is 4.04. The summed E-state index contributed by atoms with van der Waals surface area (Å²) in [7, 11) is 0. The molecular weight excluding hydrogens is 320 g/mol. The van der Waals surface area contributed by atoms with Crippen LogP contribution in [-0.4, -0.2) is 35.8 Å². The number of piperidine rings is 1. The minimum absolute atomic E-state index is 0.0344. The van der Waals surface area contributed by atoms with Crippen LogP contribution in [-0.2, 0) is 4.79 Å². The first kappa shape index (κ1) is 15.8. The number of nitrogens with zero attached hydrogens (tertiary/aromatic N) is 1. The molecule has 4 nitrogen and oxygen atoms in total.